The molecule has 0 unspecified atom stereocenters. The zero-order valence-electron chi connectivity index (χ0n) is 26.5. The summed E-state index contributed by atoms with van der Waals surface area (Å²) in [5.41, 5.74) is 0. The molecule has 3 rings (SSSR count). The van der Waals surface area contributed by atoms with Gasteiger partial charge >= 0.3 is 0 Å². The van der Waals surface area contributed by atoms with E-state index < -0.39 is 7.26 Å². The third-order valence-electron chi connectivity index (χ3n) is 8.04. The van der Waals surface area contributed by atoms with E-state index in [1.807, 2.05) is 0 Å². The van der Waals surface area contributed by atoms with E-state index in [0.717, 1.165) is 45.3 Å². The maximum absolute atomic E-state index is 6.09. The summed E-state index contributed by atoms with van der Waals surface area (Å²) >= 11 is 0. The molecule has 0 radical (unpaired) electrons. The highest BCUT2D eigenvalue weighted by Gasteiger charge is 2.44. The third kappa shape index (κ3) is 11.8. The van der Waals surface area contributed by atoms with E-state index in [1.54, 1.807) is 0 Å². The zero-order chi connectivity index (χ0) is 29.6. The van der Waals surface area contributed by atoms with Gasteiger partial charge in [-0.25, -0.2) is 0 Å². The molecule has 0 bridgehead atoms. The van der Waals surface area contributed by atoms with E-state index in [9.17, 15) is 0 Å². The highest BCUT2D eigenvalue weighted by molar-refractivity contribution is 7.95. The number of ether oxygens (including phenoxy) is 2. The van der Waals surface area contributed by atoms with Crippen LogP contribution in [-0.2, 0) is 9.47 Å². The Hall–Kier alpha value is -2.25. The predicted molar refractivity (Wildman–Crippen MR) is 186 cm³/mol. The lowest BCUT2D eigenvalue weighted by atomic mass is 10.1. The normalized spacial score (nSPS) is 12.0. The summed E-state index contributed by atoms with van der Waals surface area (Å²) < 4.78 is 12.2. The second-order valence-corrected chi connectivity index (χ2v) is 15.0. The largest absolute Gasteiger partial charge is 0.353 e. The molecule has 0 aliphatic carbocycles. The smallest absolute Gasteiger partial charge is 0.157 e. The Morgan fingerprint density at radius 2 is 0.976 bits per heavy atom. The molecule has 228 valence electrons. The summed E-state index contributed by atoms with van der Waals surface area (Å²) in [5.74, 6) is 0. The number of rotatable bonds is 23. The van der Waals surface area contributed by atoms with Crippen LogP contribution in [0.4, 0.5) is 0 Å². The molecule has 0 atom stereocenters. The fraction of sp³-hybridized carbons (Fsp3) is 0.487. The van der Waals surface area contributed by atoms with E-state index in [2.05, 4.69) is 117 Å². The van der Waals surface area contributed by atoms with Gasteiger partial charge in [0, 0.05) is 13.2 Å². The van der Waals surface area contributed by atoms with Gasteiger partial charge in [0.1, 0.15) is 23.2 Å². The molecule has 3 aromatic rings. The van der Waals surface area contributed by atoms with E-state index >= 15 is 0 Å². The Morgan fingerprint density at radius 1 is 0.524 bits per heavy atom. The van der Waals surface area contributed by atoms with Gasteiger partial charge in [0.05, 0.1) is 6.16 Å². The highest BCUT2D eigenvalue weighted by Crippen LogP contribution is 2.55. The number of hydrogen-bond donors (Lipinski definition) is 0. The van der Waals surface area contributed by atoms with Gasteiger partial charge in [-0.3, -0.25) is 0 Å². The summed E-state index contributed by atoms with van der Waals surface area (Å²) in [4.78, 5) is 0. The van der Waals surface area contributed by atoms with Crippen LogP contribution in [0, 0.1) is 0 Å². The fourth-order valence-corrected chi connectivity index (χ4v) is 10.0. The van der Waals surface area contributed by atoms with E-state index in [1.165, 1.54) is 73.4 Å². The van der Waals surface area contributed by atoms with Crippen molar-refractivity contribution in [3.63, 3.8) is 0 Å². The fourth-order valence-electron chi connectivity index (χ4n) is 5.66. The van der Waals surface area contributed by atoms with Crippen LogP contribution in [0.1, 0.15) is 97.3 Å². The van der Waals surface area contributed by atoms with Crippen molar-refractivity contribution in [1.29, 1.82) is 0 Å². The molecule has 3 heteroatoms. The lowest BCUT2D eigenvalue weighted by Crippen LogP contribution is -2.33. The monoisotopic (exact) mass is 587 g/mol. The Morgan fingerprint density at radius 3 is 1.43 bits per heavy atom. The molecule has 0 N–H and O–H groups in total. The molecule has 0 aromatic heterocycles. The summed E-state index contributed by atoms with van der Waals surface area (Å²) in [7, 11) is -1.72. The first kappa shape index (κ1) is 34.2. The molecule has 0 fully saturated rings. The lowest BCUT2D eigenvalue weighted by molar-refractivity contribution is -0.148. The van der Waals surface area contributed by atoms with Crippen LogP contribution in [0.3, 0.4) is 0 Å². The number of allylic oxidation sites excluding steroid dienone is 2. The summed E-state index contributed by atoms with van der Waals surface area (Å²) in [5, 5.41) is 4.44. The van der Waals surface area contributed by atoms with Crippen molar-refractivity contribution in [2.45, 2.75) is 104 Å². The van der Waals surface area contributed by atoms with Crippen molar-refractivity contribution in [2.75, 3.05) is 19.4 Å². The maximum atomic E-state index is 6.09. The Labute approximate surface area is 258 Å². The van der Waals surface area contributed by atoms with Crippen molar-refractivity contribution in [3.05, 3.63) is 103 Å². The minimum absolute atomic E-state index is 0.0169. The number of unbranched alkanes of at least 4 members (excludes halogenated alkanes) is 8. The van der Waals surface area contributed by atoms with Crippen LogP contribution in [0.15, 0.2) is 103 Å². The molecule has 0 amide bonds. The standard InChI is InChI=1S/C39H56O2P/c1-3-5-23-33-40-39(41-34-24-6-4-2)32-22-11-9-7-8-10-12-25-35-42(36-26-16-13-17-27-36,37-28-18-14-19-29-37)38-30-20-15-21-31-38/h8,10,13-21,26-31,39H,3-7,9,11-12,22-25,32-35H2,1-2H3/q+1/b10-8-. The molecule has 42 heavy (non-hydrogen) atoms. The van der Waals surface area contributed by atoms with Crippen molar-refractivity contribution >= 4 is 23.2 Å². The van der Waals surface area contributed by atoms with Gasteiger partial charge in [0.15, 0.2) is 6.29 Å². The van der Waals surface area contributed by atoms with Crippen LogP contribution >= 0.6 is 7.26 Å². The van der Waals surface area contributed by atoms with Crippen LogP contribution in [0.2, 0.25) is 0 Å². The topological polar surface area (TPSA) is 18.5 Å². The van der Waals surface area contributed by atoms with Gasteiger partial charge in [0.2, 0.25) is 0 Å². The Balaban J connectivity index is 1.47. The van der Waals surface area contributed by atoms with E-state index in [4.69, 9.17) is 9.47 Å². The lowest BCUT2D eigenvalue weighted by Gasteiger charge is -2.27. The molecule has 0 heterocycles. The van der Waals surface area contributed by atoms with Gasteiger partial charge in [-0.15, -0.1) is 0 Å². The molecule has 0 spiro atoms. The second kappa shape index (κ2) is 21.4. The SMILES string of the molecule is CCCCCOC(CCCCC/C=C\CCC[P+](c1ccccc1)(c1ccccc1)c1ccccc1)OCCCCC. The van der Waals surface area contributed by atoms with Crippen molar-refractivity contribution in [3.8, 4) is 0 Å². The maximum Gasteiger partial charge on any atom is 0.157 e. The average Bonchev–Trinajstić information content (AvgIpc) is 3.05. The van der Waals surface area contributed by atoms with Gasteiger partial charge in [-0.2, -0.15) is 0 Å². The zero-order valence-corrected chi connectivity index (χ0v) is 27.4. The summed E-state index contributed by atoms with van der Waals surface area (Å²) in [6.45, 7) is 6.14. The van der Waals surface area contributed by atoms with Crippen LogP contribution < -0.4 is 15.9 Å². The van der Waals surface area contributed by atoms with Crippen molar-refractivity contribution in [2.24, 2.45) is 0 Å². The molecule has 3 aromatic carbocycles. The van der Waals surface area contributed by atoms with E-state index in [0.29, 0.717) is 0 Å². The highest BCUT2D eigenvalue weighted by atomic mass is 31.2. The first-order chi connectivity index (χ1) is 20.8. The van der Waals surface area contributed by atoms with Crippen molar-refractivity contribution in [1.82, 2.24) is 0 Å². The van der Waals surface area contributed by atoms with Crippen LogP contribution in [0.5, 0.6) is 0 Å². The Kier molecular flexibility index (Phi) is 17.5. The molecule has 2 nitrogen and oxygen atoms in total. The van der Waals surface area contributed by atoms with E-state index in [-0.39, 0.29) is 6.29 Å². The molecule has 0 saturated carbocycles. The summed E-state index contributed by atoms with van der Waals surface area (Å²) in [6, 6.07) is 33.7. The molecular formula is C39H56O2P+. The Bertz CT molecular complexity index is 959. The second-order valence-electron chi connectivity index (χ2n) is 11.4. The number of hydrogen-bond acceptors (Lipinski definition) is 2. The van der Waals surface area contributed by atoms with Gasteiger partial charge in [0.25, 0.3) is 0 Å². The van der Waals surface area contributed by atoms with Gasteiger partial charge in [-0.1, -0.05) is 113 Å². The minimum atomic E-state index is -1.72. The first-order valence-corrected chi connectivity index (χ1v) is 18.7. The van der Waals surface area contributed by atoms with Crippen LogP contribution in [0.25, 0.3) is 0 Å². The average molecular weight is 588 g/mol. The third-order valence-corrected chi connectivity index (χ3v) is 12.6. The van der Waals surface area contributed by atoms with Crippen molar-refractivity contribution < 1.29 is 9.47 Å². The molecule has 0 aliphatic heterocycles. The summed E-state index contributed by atoms with van der Waals surface area (Å²) in [6.07, 6.45) is 21.4. The minimum Gasteiger partial charge on any atom is -0.353 e. The molecule has 0 aliphatic rings. The first-order valence-electron chi connectivity index (χ1n) is 16.7. The van der Waals surface area contributed by atoms with Gasteiger partial charge < -0.3 is 9.47 Å². The molecular weight excluding hydrogens is 531 g/mol. The molecule has 0 saturated heterocycles. The quantitative estimate of drug-likeness (QED) is 0.0476. The van der Waals surface area contributed by atoms with Crippen LogP contribution in [-0.4, -0.2) is 25.7 Å². The predicted octanol–water partition coefficient (Wildman–Crippen LogP) is 10.0. The number of benzene rings is 3. The van der Waals surface area contributed by atoms with Gasteiger partial charge in [-0.05, 0) is 87.8 Å².